The van der Waals surface area contributed by atoms with Crippen molar-refractivity contribution in [3.63, 3.8) is 0 Å². The summed E-state index contributed by atoms with van der Waals surface area (Å²) in [7, 11) is 1.83. The largest absolute Gasteiger partial charge is 0.478 e. The normalized spacial score (nSPS) is 10.6. The van der Waals surface area contributed by atoms with Gasteiger partial charge in [0.2, 0.25) is 0 Å². The van der Waals surface area contributed by atoms with Gasteiger partial charge in [-0.05, 0) is 36.6 Å². The SMILES string of the molecule is C=CCCCN(C)c1ccc(/C=C/C(=O)O)cc1F. The van der Waals surface area contributed by atoms with Crippen molar-refractivity contribution in [3.05, 3.63) is 48.3 Å². The lowest BCUT2D eigenvalue weighted by molar-refractivity contribution is -0.131. The second-order valence-electron chi connectivity index (χ2n) is 4.23. The Labute approximate surface area is 112 Å². The van der Waals surface area contributed by atoms with Gasteiger partial charge in [0.15, 0.2) is 0 Å². The summed E-state index contributed by atoms with van der Waals surface area (Å²) in [5.41, 5.74) is 1.04. The van der Waals surface area contributed by atoms with Crippen LogP contribution in [0.2, 0.25) is 0 Å². The zero-order valence-corrected chi connectivity index (χ0v) is 11.0. The number of carboxylic acid groups (broad SMARTS) is 1. The number of allylic oxidation sites excluding steroid dienone is 1. The molecular weight excluding hydrogens is 245 g/mol. The van der Waals surface area contributed by atoms with Crippen molar-refractivity contribution in [2.45, 2.75) is 12.8 Å². The van der Waals surface area contributed by atoms with Crippen LogP contribution in [0.25, 0.3) is 6.08 Å². The van der Waals surface area contributed by atoms with E-state index in [1.54, 1.807) is 12.1 Å². The van der Waals surface area contributed by atoms with Gasteiger partial charge in [0.05, 0.1) is 5.69 Å². The van der Waals surface area contributed by atoms with Crippen LogP contribution in [-0.4, -0.2) is 24.7 Å². The van der Waals surface area contributed by atoms with Gasteiger partial charge in [0.1, 0.15) is 5.82 Å². The average Bonchev–Trinajstić information content (AvgIpc) is 2.36. The first kappa shape index (κ1) is 15.0. The summed E-state index contributed by atoms with van der Waals surface area (Å²) in [5, 5.41) is 8.51. The number of unbranched alkanes of at least 4 members (excludes halogenated alkanes) is 1. The van der Waals surface area contributed by atoms with Crippen LogP contribution in [0.3, 0.4) is 0 Å². The predicted molar refractivity (Wildman–Crippen MR) is 75.8 cm³/mol. The van der Waals surface area contributed by atoms with E-state index in [-0.39, 0.29) is 5.82 Å². The van der Waals surface area contributed by atoms with Crippen molar-refractivity contribution in [1.82, 2.24) is 0 Å². The average molecular weight is 263 g/mol. The van der Waals surface area contributed by atoms with Crippen molar-refractivity contribution in [3.8, 4) is 0 Å². The molecule has 1 aromatic carbocycles. The first-order valence-corrected chi connectivity index (χ1v) is 6.07. The van der Waals surface area contributed by atoms with Gasteiger partial charge in [0.25, 0.3) is 0 Å². The number of halogens is 1. The Kier molecular flexibility index (Phi) is 5.79. The molecule has 0 saturated carbocycles. The molecule has 0 heterocycles. The third-order valence-corrected chi connectivity index (χ3v) is 2.70. The van der Waals surface area contributed by atoms with E-state index in [4.69, 9.17) is 5.11 Å². The number of carbonyl (C=O) groups is 1. The molecule has 3 nitrogen and oxygen atoms in total. The minimum absolute atomic E-state index is 0.353. The van der Waals surface area contributed by atoms with Crippen molar-refractivity contribution in [2.24, 2.45) is 0 Å². The summed E-state index contributed by atoms with van der Waals surface area (Å²) >= 11 is 0. The molecule has 0 spiro atoms. The molecule has 102 valence electrons. The number of hydrogen-bond acceptors (Lipinski definition) is 2. The number of hydrogen-bond donors (Lipinski definition) is 1. The molecular formula is C15H18FNO2. The fraction of sp³-hybridized carbons (Fsp3) is 0.267. The van der Waals surface area contributed by atoms with E-state index in [1.165, 1.54) is 12.1 Å². The number of anilines is 1. The fourth-order valence-corrected chi connectivity index (χ4v) is 1.70. The maximum absolute atomic E-state index is 13.9. The summed E-state index contributed by atoms with van der Waals surface area (Å²) in [6.07, 6.45) is 6.00. The van der Waals surface area contributed by atoms with Gasteiger partial charge in [-0.15, -0.1) is 6.58 Å². The Morgan fingerprint density at radius 2 is 2.26 bits per heavy atom. The number of aliphatic carboxylic acids is 1. The zero-order valence-electron chi connectivity index (χ0n) is 11.0. The second kappa shape index (κ2) is 7.36. The minimum atomic E-state index is -1.05. The molecule has 0 bridgehead atoms. The van der Waals surface area contributed by atoms with Crippen LogP contribution >= 0.6 is 0 Å². The van der Waals surface area contributed by atoms with Crippen molar-refractivity contribution in [1.29, 1.82) is 0 Å². The van der Waals surface area contributed by atoms with Crippen LogP contribution in [0.1, 0.15) is 18.4 Å². The highest BCUT2D eigenvalue weighted by Crippen LogP contribution is 2.20. The molecule has 0 aliphatic rings. The van der Waals surface area contributed by atoms with E-state index in [9.17, 15) is 9.18 Å². The van der Waals surface area contributed by atoms with Gasteiger partial charge in [-0.25, -0.2) is 9.18 Å². The summed E-state index contributed by atoms with van der Waals surface area (Å²) in [6, 6.07) is 4.69. The molecule has 0 aliphatic heterocycles. The number of rotatable bonds is 7. The van der Waals surface area contributed by atoms with Crippen molar-refractivity contribution < 1.29 is 14.3 Å². The molecule has 0 saturated heterocycles. The van der Waals surface area contributed by atoms with E-state index in [0.29, 0.717) is 11.3 Å². The maximum atomic E-state index is 13.9. The Morgan fingerprint density at radius 3 is 2.84 bits per heavy atom. The lowest BCUT2D eigenvalue weighted by Gasteiger charge is -2.19. The summed E-state index contributed by atoms with van der Waals surface area (Å²) in [6.45, 7) is 4.39. The molecule has 1 aromatic rings. The number of carboxylic acids is 1. The first-order valence-electron chi connectivity index (χ1n) is 6.07. The van der Waals surface area contributed by atoms with Crippen LogP contribution in [0.5, 0.6) is 0 Å². The highest BCUT2D eigenvalue weighted by molar-refractivity contribution is 5.85. The Balaban J connectivity index is 2.76. The summed E-state index contributed by atoms with van der Waals surface area (Å²) < 4.78 is 13.9. The molecule has 0 aromatic heterocycles. The molecule has 1 rings (SSSR count). The van der Waals surface area contributed by atoms with Crippen LogP contribution in [0.4, 0.5) is 10.1 Å². The van der Waals surface area contributed by atoms with Gasteiger partial charge in [-0.3, -0.25) is 0 Å². The Morgan fingerprint density at radius 1 is 1.53 bits per heavy atom. The standard InChI is InChI=1S/C15H18FNO2/c1-3-4-5-10-17(2)14-8-6-12(11-13(14)16)7-9-15(18)19/h3,6-9,11H,1,4-5,10H2,2H3,(H,18,19)/b9-7+. The summed E-state index contributed by atoms with van der Waals surface area (Å²) in [5.74, 6) is -1.40. The third kappa shape index (κ3) is 4.95. The van der Waals surface area contributed by atoms with E-state index >= 15 is 0 Å². The third-order valence-electron chi connectivity index (χ3n) is 2.70. The topological polar surface area (TPSA) is 40.5 Å². The molecule has 0 fully saturated rings. The molecule has 19 heavy (non-hydrogen) atoms. The van der Waals surface area contributed by atoms with Gasteiger partial charge in [0, 0.05) is 19.7 Å². The van der Waals surface area contributed by atoms with E-state index in [1.807, 2.05) is 18.0 Å². The molecule has 1 N–H and O–H groups in total. The molecule has 0 aliphatic carbocycles. The molecule has 0 amide bonds. The van der Waals surface area contributed by atoms with Gasteiger partial charge < -0.3 is 10.0 Å². The monoisotopic (exact) mass is 263 g/mol. The van der Waals surface area contributed by atoms with Gasteiger partial charge >= 0.3 is 5.97 Å². The smallest absolute Gasteiger partial charge is 0.328 e. The summed E-state index contributed by atoms with van der Waals surface area (Å²) in [4.78, 5) is 12.2. The first-order chi connectivity index (χ1) is 9.04. The molecule has 0 atom stereocenters. The zero-order chi connectivity index (χ0) is 14.3. The van der Waals surface area contributed by atoms with Gasteiger partial charge in [-0.1, -0.05) is 12.1 Å². The minimum Gasteiger partial charge on any atom is -0.478 e. The lowest BCUT2D eigenvalue weighted by atomic mass is 10.1. The lowest BCUT2D eigenvalue weighted by Crippen LogP contribution is -2.19. The second-order valence-corrected chi connectivity index (χ2v) is 4.23. The fourth-order valence-electron chi connectivity index (χ4n) is 1.70. The van der Waals surface area contributed by atoms with E-state index < -0.39 is 5.97 Å². The predicted octanol–water partition coefficient (Wildman–Crippen LogP) is 3.33. The highest BCUT2D eigenvalue weighted by Gasteiger charge is 2.07. The Bertz CT molecular complexity index is 483. The van der Waals surface area contributed by atoms with Crippen LogP contribution < -0.4 is 4.90 Å². The highest BCUT2D eigenvalue weighted by atomic mass is 19.1. The molecule has 0 unspecified atom stereocenters. The molecule has 4 heteroatoms. The quantitative estimate of drug-likeness (QED) is 0.466. The van der Waals surface area contributed by atoms with E-state index in [2.05, 4.69) is 6.58 Å². The Hall–Kier alpha value is -2.10. The van der Waals surface area contributed by atoms with Crippen LogP contribution in [0.15, 0.2) is 36.9 Å². The number of benzene rings is 1. The van der Waals surface area contributed by atoms with Crippen molar-refractivity contribution >= 4 is 17.7 Å². The van der Waals surface area contributed by atoms with Crippen LogP contribution in [0, 0.1) is 5.82 Å². The number of nitrogens with zero attached hydrogens (tertiary/aromatic N) is 1. The van der Waals surface area contributed by atoms with Gasteiger partial charge in [-0.2, -0.15) is 0 Å². The molecule has 0 radical (unpaired) electrons. The maximum Gasteiger partial charge on any atom is 0.328 e. The van der Waals surface area contributed by atoms with E-state index in [0.717, 1.165) is 25.5 Å². The van der Waals surface area contributed by atoms with Crippen molar-refractivity contribution in [2.75, 3.05) is 18.5 Å². The van der Waals surface area contributed by atoms with Crippen LogP contribution in [-0.2, 0) is 4.79 Å².